The lowest BCUT2D eigenvalue weighted by Crippen LogP contribution is -2.40. The minimum absolute atomic E-state index is 0.0558. The Morgan fingerprint density at radius 1 is 1.33 bits per heavy atom. The molecule has 0 saturated carbocycles. The molecule has 0 aliphatic rings. The molecule has 0 aliphatic heterocycles. The Morgan fingerprint density at radius 2 is 1.90 bits per heavy atom. The summed E-state index contributed by atoms with van der Waals surface area (Å²) in [6.07, 6.45) is -0.0647. The number of nitriles is 1. The molecule has 0 fully saturated rings. The maximum Gasteiger partial charge on any atom is 0.304 e. The third-order valence-corrected chi connectivity index (χ3v) is 4.53. The second kappa shape index (κ2) is 7.20. The SMILES string of the molecule is CC(C)C(CC(=O)O)NS(=O)(=O)c1ccc(CC#N)cc1. The van der Waals surface area contributed by atoms with Crippen molar-refractivity contribution < 1.29 is 18.3 Å². The Kier molecular flexibility index (Phi) is 5.88. The van der Waals surface area contributed by atoms with Gasteiger partial charge in [-0.2, -0.15) is 5.26 Å². The zero-order chi connectivity index (χ0) is 16.0. The molecule has 0 aromatic heterocycles. The average Bonchev–Trinajstić information content (AvgIpc) is 2.38. The number of nitrogens with one attached hydrogen (secondary N) is 1. The summed E-state index contributed by atoms with van der Waals surface area (Å²) in [6.45, 7) is 3.51. The Labute approximate surface area is 124 Å². The van der Waals surface area contributed by atoms with Gasteiger partial charge in [0.1, 0.15) is 0 Å². The van der Waals surface area contributed by atoms with E-state index in [9.17, 15) is 13.2 Å². The number of rotatable bonds is 7. The molecule has 0 amide bonds. The van der Waals surface area contributed by atoms with Crippen LogP contribution in [0.15, 0.2) is 29.2 Å². The molecule has 7 heteroatoms. The molecule has 114 valence electrons. The number of benzene rings is 1. The van der Waals surface area contributed by atoms with E-state index in [0.29, 0.717) is 0 Å². The van der Waals surface area contributed by atoms with Crippen molar-refractivity contribution in [3.05, 3.63) is 29.8 Å². The lowest BCUT2D eigenvalue weighted by molar-refractivity contribution is -0.137. The van der Waals surface area contributed by atoms with Gasteiger partial charge in [0.05, 0.1) is 23.8 Å². The number of aliphatic carboxylic acids is 1. The topological polar surface area (TPSA) is 107 Å². The highest BCUT2D eigenvalue weighted by Gasteiger charge is 2.24. The van der Waals surface area contributed by atoms with Gasteiger partial charge in [0.25, 0.3) is 0 Å². The maximum absolute atomic E-state index is 12.2. The number of carboxylic acid groups (broad SMARTS) is 1. The van der Waals surface area contributed by atoms with E-state index in [4.69, 9.17) is 10.4 Å². The Balaban J connectivity index is 2.94. The zero-order valence-electron chi connectivity index (χ0n) is 11.9. The second-order valence-electron chi connectivity index (χ2n) is 5.05. The van der Waals surface area contributed by atoms with Gasteiger partial charge in [-0.25, -0.2) is 13.1 Å². The van der Waals surface area contributed by atoms with E-state index in [-0.39, 0.29) is 23.7 Å². The predicted molar refractivity (Wildman–Crippen MR) is 77.0 cm³/mol. The van der Waals surface area contributed by atoms with Crippen LogP contribution >= 0.6 is 0 Å². The summed E-state index contributed by atoms with van der Waals surface area (Å²) >= 11 is 0. The van der Waals surface area contributed by atoms with Gasteiger partial charge < -0.3 is 5.11 Å². The van der Waals surface area contributed by atoms with Crippen molar-refractivity contribution in [1.82, 2.24) is 4.72 Å². The van der Waals surface area contributed by atoms with Crippen molar-refractivity contribution in [3.63, 3.8) is 0 Å². The first kappa shape index (κ1) is 17.1. The maximum atomic E-state index is 12.2. The smallest absolute Gasteiger partial charge is 0.304 e. The van der Waals surface area contributed by atoms with Crippen molar-refractivity contribution in [2.45, 2.75) is 37.6 Å². The molecule has 0 radical (unpaired) electrons. The fourth-order valence-corrected chi connectivity index (χ4v) is 3.13. The molecule has 0 bridgehead atoms. The lowest BCUT2D eigenvalue weighted by Gasteiger charge is -2.20. The van der Waals surface area contributed by atoms with E-state index >= 15 is 0 Å². The van der Waals surface area contributed by atoms with Crippen molar-refractivity contribution in [3.8, 4) is 6.07 Å². The lowest BCUT2D eigenvalue weighted by atomic mass is 10.0. The van der Waals surface area contributed by atoms with E-state index < -0.39 is 22.0 Å². The number of nitrogens with zero attached hydrogens (tertiary/aromatic N) is 1. The van der Waals surface area contributed by atoms with Gasteiger partial charge in [-0.3, -0.25) is 4.79 Å². The van der Waals surface area contributed by atoms with Crippen LogP contribution in [0.3, 0.4) is 0 Å². The van der Waals surface area contributed by atoms with Crippen LogP contribution in [-0.4, -0.2) is 25.5 Å². The van der Waals surface area contributed by atoms with Crippen molar-refractivity contribution in [2.24, 2.45) is 5.92 Å². The van der Waals surface area contributed by atoms with Crippen LogP contribution in [0.5, 0.6) is 0 Å². The van der Waals surface area contributed by atoms with E-state index in [2.05, 4.69) is 4.72 Å². The van der Waals surface area contributed by atoms with Crippen molar-refractivity contribution in [2.75, 3.05) is 0 Å². The van der Waals surface area contributed by atoms with Crippen molar-refractivity contribution >= 4 is 16.0 Å². The first-order valence-corrected chi connectivity index (χ1v) is 7.94. The normalized spacial score (nSPS) is 12.9. The van der Waals surface area contributed by atoms with E-state index in [1.165, 1.54) is 12.1 Å². The first-order chi connectivity index (χ1) is 9.76. The van der Waals surface area contributed by atoms with Crippen LogP contribution in [0.2, 0.25) is 0 Å². The van der Waals surface area contributed by atoms with Gasteiger partial charge in [-0.15, -0.1) is 0 Å². The van der Waals surface area contributed by atoms with Crippen LogP contribution in [0.4, 0.5) is 0 Å². The first-order valence-electron chi connectivity index (χ1n) is 6.46. The number of hydrogen-bond acceptors (Lipinski definition) is 4. The summed E-state index contributed by atoms with van der Waals surface area (Å²) in [5, 5.41) is 17.4. The summed E-state index contributed by atoms with van der Waals surface area (Å²) in [5.41, 5.74) is 0.724. The highest BCUT2D eigenvalue weighted by atomic mass is 32.2. The molecule has 0 aliphatic carbocycles. The fraction of sp³-hybridized carbons (Fsp3) is 0.429. The highest BCUT2D eigenvalue weighted by molar-refractivity contribution is 7.89. The number of carboxylic acids is 1. The average molecular weight is 310 g/mol. The summed E-state index contributed by atoms with van der Waals surface area (Å²) < 4.78 is 26.9. The van der Waals surface area contributed by atoms with E-state index in [1.54, 1.807) is 26.0 Å². The van der Waals surface area contributed by atoms with E-state index in [0.717, 1.165) is 5.56 Å². The molecule has 1 unspecified atom stereocenters. The Morgan fingerprint density at radius 3 is 2.33 bits per heavy atom. The van der Waals surface area contributed by atoms with Gasteiger partial charge in [0, 0.05) is 6.04 Å². The minimum Gasteiger partial charge on any atom is -0.481 e. The molecular formula is C14H18N2O4S. The molecule has 1 aromatic rings. The third-order valence-electron chi connectivity index (χ3n) is 3.02. The number of hydrogen-bond donors (Lipinski definition) is 2. The summed E-state index contributed by atoms with van der Waals surface area (Å²) in [7, 11) is -3.78. The zero-order valence-corrected chi connectivity index (χ0v) is 12.7. The molecule has 0 saturated heterocycles. The fourth-order valence-electron chi connectivity index (χ4n) is 1.75. The summed E-state index contributed by atoms with van der Waals surface area (Å²) in [5.74, 6) is -1.20. The largest absolute Gasteiger partial charge is 0.481 e. The Hall–Kier alpha value is -1.91. The molecule has 1 atom stereocenters. The van der Waals surface area contributed by atoms with Crippen LogP contribution in [0.1, 0.15) is 25.8 Å². The van der Waals surface area contributed by atoms with Gasteiger partial charge in [-0.1, -0.05) is 26.0 Å². The third kappa shape index (κ3) is 5.17. The molecule has 0 spiro atoms. The Bertz CT molecular complexity index is 630. The van der Waals surface area contributed by atoms with Gasteiger partial charge in [-0.05, 0) is 23.6 Å². The van der Waals surface area contributed by atoms with E-state index in [1.807, 2.05) is 6.07 Å². The van der Waals surface area contributed by atoms with Crippen LogP contribution in [0.25, 0.3) is 0 Å². The summed E-state index contributed by atoms with van der Waals surface area (Å²) in [4.78, 5) is 10.8. The minimum atomic E-state index is -3.78. The number of carbonyl (C=O) groups is 1. The van der Waals surface area contributed by atoms with Gasteiger partial charge in [0.15, 0.2) is 0 Å². The monoisotopic (exact) mass is 310 g/mol. The highest BCUT2D eigenvalue weighted by Crippen LogP contribution is 2.15. The predicted octanol–water partition coefficient (Wildman–Crippen LogP) is 1.53. The second-order valence-corrected chi connectivity index (χ2v) is 6.76. The van der Waals surface area contributed by atoms with Crippen LogP contribution in [-0.2, 0) is 21.2 Å². The molecule has 0 heterocycles. The summed E-state index contributed by atoms with van der Waals surface area (Å²) in [6, 6.07) is 7.26. The van der Waals surface area contributed by atoms with Gasteiger partial charge in [0.2, 0.25) is 10.0 Å². The molecule has 2 N–H and O–H groups in total. The molecule has 1 rings (SSSR count). The molecule has 1 aromatic carbocycles. The number of sulfonamides is 1. The molecule has 6 nitrogen and oxygen atoms in total. The quantitative estimate of drug-likeness (QED) is 0.794. The molecule has 21 heavy (non-hydrogen) atoms. The van der Waals surface area contributed by atoms with Gasteiger partial charge >= 0.3 is 5.97 Å². The van der Waals surface area contributed by atoms with Crippen molar-refractivity contribution in [1.29, 1.82) is 5.26 Å². The van der Waals surface area contributed by atoms with Crippen LogP contribution in [0, 0.1) is 17.2 Å². The standard InChI is InChI=1S/C14H18N2O4S/c1-10(2)13(9-14(17)18)16-21(19,20)12-5-3-11(4-6-12)7-8-15/h3-6,10,13,16H,7,9H2,1-2H3,(H,17,18). The van der Waals surface area contributed by atoms with Crippen LogP contribution < -0.4 is 4.72 Å². The molecular weight excluding hydrogens is 292 g/mol.